The highest BCUT2D eigenvalue weighted by Gasteiger charge is 2.31. The molecule has 0 aromatic rings. The van der Waals surface area contributed by atoms with Gasteiger partial charge in [0.1, 0.15) is 0 Å². The van der Waals surface area contributed by atoms with Gasteiger partial charge in [0, 0.05) is 0 Å². The van der Waals surface area contributed by atoms with E-state index in [4.69, 9.17) is 0 Å². The second kappa shape index (κ2) is 4.93. The highest BCUT2D eigenvalue weighted by Crippen LogP contribution is 2.05. The van der Waals surface area contributed by atoms with Gasteiger partial charge in [-0.25, -0.2) is 0 Å². The van der Waals surface area contributed by atoms with Crippen LogP contribution < -0.4 is 10.3 Å². The van der Waals surface area contributed by atoms with E-state index in [-0.39, 0.29) is 5.91 Å². The Morgan fingerprint density at radius 1 is 1.17 bits per heavy atom. The molecule has 0 aliphatic heterocycles. The van der Waals surface area contributed by atoms with Crippen LogP contribution in [0.15, 0.2) is 0 Å². The minimum Gasteiger partial charge on any atom is -0.304 e. The van der Waals surface area contributed by atoms with Crippen molar-refractivity contribution in [1.82, 2.24) is 20.1 Å². The lowest BCUT2D eigenvalue weighted by Crippen LogP contribution is -2.72. The van der Waals surface area contributed by atoms with Crippen molar-refractivity contribution in [2.45, 2.75) is 12.8 Å². The van der Waals surface area contributed by atoms with Gasteiger partial charge < -0.3 is 4.98 Å². The predicted octanol–water partition coefficient (Wildman–Crippen LogP) is -1.80. The molecule has 0 aliphatic rings. The lowest BCUT2D eigenvalue weighted by atomic mass is 10.4. The molecular weight excluding hydrogens is 168 g/mol. The molecule has 0 radical (unpaired) electrons. The van der Waals surface area contributed by atoms with Crippen LogP contribution >= 0.6 is 0 Å². The van der Waals surface area contributed by atoms with Crippen LogP contribution in [0.1, 0.15) is 6.92 Å². The Balaban J connectivity index is 4.51. The summed E-state index contributed by atoms with van der Waals surface area (Å²) < 4.78 is 0. The van der Waals surface area contributed by atoms with Gasteiger partial charge in [-0.3, -0.25) is 15.1 Å². The quantitative estimate of drug-likeness (QED) is 0.396. The van der Waals surface area contributed by atoms with Crippen LogP contribution in [0, 0.1) is 0 Å². The van der Waals surface area contributed by atoms with Gasteiger partial charge in [0.05, 0.1) is 10.4 Å². The summed E-state index contributed by atoms with van der Waals surface area (Å²) in [5.41, 5.74) is 0. The zero-order chi connectivity index (χ0) is 9.78. The Morgan fingerprint density at radius 2 is 1.58 bits per heavy atom. The normalized spacial score (nSPS) is 13.2. The van der Waals surface area contributed by atoms with Crippen molar-refractivity contribution in [3.63, 3.8) is 0 Å². The molecule has 12 heavy (non-hydrogen) atoms. The Hall–Kier alpha value is 0.0569. The summed E-state index contributed by atoms with van der Waals surface area (Å²) >= 11 is 0. The van der Waals surface area contributed by atoms with Gasteiger partial charge in [0.25, 0.3) is 0 Å². The Labute approximate surface area is 78.8 Å². The van der Waals surface area contributed by atoms with Crippen molar-refractivity contribution < 1.29 is 0 Å². The number of hydrogen-bond acceptors (Lipinski definition) is 4. The molecule has 0 saturated heterocycles. The monoisotopic (exact) mass is 190 g/mol. The summed E-state index contributed by atoms with van der Waals surface area (Å²) in [5.74, 6) is -0.180. The Morgan fingerprint density at radius 3 is 1.67 bits per heavy atom. The summed E-state index contributed by atoms with van der Waals surface area (Å²) in [6, 6.07) is 0. The van der Waals surface area contributed by atoms with Crippen LogP contribution in [0.2, 0.25) is 0 Å². The molecule has 0 fully saturated rings. The minimum atomic E-state index is -0.180. The molecule has 0 bridgehead atoms. The first kappa shape index (κ1) is 12.1. The zero-order valence-electron chi connectivity index (χ0n) is 9.10. The lowest BCUT2D eigenvalue weighted by molar-refractivity contribution is -0.0374. The van der Waals surface area contributed by atoms with Gasteiger partial charge in [-0.15, -0.1) is 0 Å². The summed E-state index contributed by atoms with van der Waals surface area (Å²) in [4.78, 5) is 7.68. The van der Waals surface area contributed by atoms with Crippen LogP contribution in [-0.4, -0.2) is 60.9 Å². The van der Waals surface area contributed by atoms with Gasteiger partial charge >= 0.3 is 0 Å². The number of nitrogens with zero attached hydrogens (tertiary/aromatic N) is 2. The fourth-order valence-electron chi connectivity index (χ4n) is 1.50. The van der Waals surface area contributed by atoms with Crippen molar-refractivity contribution in [2.24, 2.45) is 0 Å². The van der Waals surface area contributed by atoms with Crippen molar-refractivity contribution in [2.75, 3.05) is 34.7 Å². The molecule has 0 unspecified atom stereocenters. The van der Waals surface area contributed by atoms with Crippen LogP contribution in [0.3, 0.4) is 0 Å². The van der Waals surface area contributed by atoms with Crippen LogP contribution in [0.4, 0.5) is 0 Å². The largest absolute Gasteiger partial charge is 0.304 e. The van der Waals surface area contributed by atoms with Gasteiger partial charge in [0.2, 0.25) is 0 Å². The van der Waals surface area contributed by atoms with E-state index in [0.717, 1.165) is 16.9 Å². The van der Waals surface area contributed by atoms with Crippen LogP contribution in [0.25, 0.3) is 0 Å². The van der Waals surface area contributed by atoms with E-state index in [9.17, 15) is 0 Å². The Bertz CT molecular complexity index is 119. The van der Waals surface area contributed by atoms with Crippen molar-refractivity contribution in [1.29, 1.82) is 0 Å². The van der Waals surface area contributed by atoms with Crippen LogP contribution in [0.5, 0.6) is 0 Å². The molecule has 0 rings (SSSR count). The third-order valence-electron chi connectivity index (χ3n) is 2.07. The van der Waals surface area contributed by atoms with Crippen molar-refractivity contribution >= 4 is 10.4 Å². The fourth-order valence-corrected chi connectivity index (χ4v) is 2.57. The number of rotatable bonds is 5. The van der Waals surface area contributed by atoms with Gasteiger partial charge in [-0.05, 0) is 34.7 Å². The molecule has 4 nitrogen and oxygen atoms in total. The zero-order valence-corrected chi connectivity index (χ0v) is 11.1. The third kappa shape index (κ3) is 2.27. The fraction of sp³-hybridized carbons (Fsp3) is 1.00. The molecule has 0 heterocycles. The first-order chi connectivity index (χ1) is 5.51. The SMILES string of the molecule is CCNC(N[SiH3])(N(C)C)N(C)C. The summed E-state index contributed by atoms with van der Waals surface area (Å²) in [7, 11) is 9.21. The minimum absolute atomic E-state index is 0.180. The van der Waals surface area contributed by atoms with E-state index in [1.165, 1.54) is 0 Å². The van der Waals surface area contributed by atoms with Crippen molar-refractivity contribution in [3.8, 4) is 0 Å². The third-order valence-corrected chi connectivity index (χ3v) is 2.76. The van der Waals surface area contributed by atoms with Crippen molar-refractivity contribution in [3.05, 3.63) is 0 Å². The van der Waals surface area contributed by atoms with E-state index in [1.807, 2.05) is 0 Å². The molecule has 74 valence electrons. The van der Waals surface area contributed by atoms with Gasteiger partial charge in [-0.2, -0.15) is 0 Å². The number of hydrogen-bond donors (Lipinski definition) is 2. The van der Waals surface area contributed by atoms with E-state index in [1.54, 1.807) is 0 Å². The standard InChI is InChI=1S/C7H22N4Si/c1-6-8-7(9-12,10(2)3)11(4)5/h8-9H,6H2,1-5,12H3. The summed E-state index contributed by atoms with van der Waals surface area (Å²) in [6.45, 7) is 3.06. The maximum absolute atomic E-state index is 3.42. The maximum atomic E-state index is 3.42. The van der Waals surface area contributed by atoms with Gasteiger partial charge in [0.15, 0.2) is 5.91 Å². The molecule has 0 atom stereocenters. The first-order valence-corrected chi connectivity index (χ1v) is 5.30. The predicted molar refractivity (Wildman–Crippen MR) is 56.9 cm³/mol. The molecule has 0 saturated carbocycles. The highest BCUT2D eigenvalue weighted by molar-refractivity contribution is 6.04. The maximum Gasteiger partial charge on any atom is 0.178 e. The molecular formula is C7H22N4Si. The Kier molecular flexibility index (Phi) is 4.96. The molecule has 0 aromatic carbocycles. The van der Waals surface area contributed by atoms with Gasteiger partial charge in [-0.1, -0.05) is 6.92 Å². The summed E-state index contributed by atoms with van der Waals surface area (Å²) in [6.07, 6.45) is 0. The number of nitrogens with one attached hydrogen (secondary N) is 2. The average molecular weight is 190 g/mol. The molecule has 5 heteroatoms. The summed E-state index contributed by atoms with van der Waals surface area (Å²) in [5, 5.41) is 3.42. The molecule has 2 N–H and O–H groups in total. The molecule has 0 amide bonds. The highest BCUT2D eigenvalue weighted by atomic mass is 28.2. The van der Waals surface area contributed by atoms with E-state index < -0.39 is 0 Å². The molecule has 0 aliphatic carbocycles. The van der Waals surface area contributed by atoms with E-state index in [2.05, 4.69) is 55.2 Å². The second-order valence-electron chi connectivity index (χ2n) is 3.24. The molecule has 0 aromatic heterocycles. The average Bonchev–Trinajstić information content (AvgIpc) is 1.98. The van der Waals surface area contributed by atoms with E-state index >= 15 is 0 Å². The topological polar surface area (TPSA) is 30.5 Å². The smallest absolute Gasteiger partial charge is 0.178 e. The first-order valence-electron chi connectivity index (χ1n) is 4.30. The lowest BCUT2D eigenvalue weighted by Gasteiger charge is -2.45. The second-order valence-corrected chi connectivity index (χ2v) is 3.74. The van der Waals surface area contributed by atoms with Crippen LogP contribution in [-0.2, 0) is 0 Å². The molecule has 0 spiro atoms. The van der Waals surface area contributed by atoms with E-state index in [0.29, 0.717) is 0 Å².